The van der Waals surface area contributed by atoms with Crippen LogP contribution in [0.15, 0.2) is 0 Å². The Labute approximate surface area is 115 Å². The van der Waals surface area contributed by atoms with Crippen LogP contribution in [0.3, 0.4) is 0 Å². The summed E-state index contributed by atoms with van der Waals surface area (Å²) in [5.74, 6) is 0.0212. The number of carbonyl (C=O) groups excluding carboxylic acids is 2. The quantitative estimate of drug-likeness (QED) is 0.677. The van der Waals surface area contributed by atoms with Crippen molar-refractivity contribution >= 4 is 11.8 Å². The fourth-order valence-electron chi connectivity index (χ4n) is 2.36. The van der Waals surface area contributed by atoms with E-state index in [9.17, 15) is 9.59 Å². The topological polar surface area (TPSA) is 58.6 Å². The molecule has 1 heterocycles. The van der Waals surface area contributed by atoms with Gasteiger partial charge >= 0.3 is 0 Å². The summed E-state index contributed by atoms with van der Waals surface area (Å²) < 4.78 is 5.42. The molecule has 2 amide bonds. The van der Waals surface area contributed by atoms with Crippen molar-refractivity contribution in [2.45, 2.75) is 58.5 Å². The molecule has 1 aliphatic rings. The molecule has 1 saturated heterocycles. The van der Waals surface area contributed by atoms with E-state index in [1.165, 1.54) is 0 Å². The molecule has 5 heteroatoms. The van der Waals surface area contributed by atoms with Crippen molar-refractivity contribution < 1.29 is 14.3 Å². The Morgan fingerprint density at radius 1 is 1.16 bits per heavy atom. The third-order valence-electron chi connectivity index (χ3n) is 3.41. The maximum atomic E-state index is 12.3. The van der Waals surface area contributed by atoms with Crippen LogP contribution in [0.4, 0.5) is 0 Å². The number of rotatable bonds is 8. The average molecular weight is 270 g/mol. The molecule has 1 rings (SSSR count). The second-order valence-corrected chi connectivity index (χ2v) is 4.89. The summed E-state index contributed by atoms with van der Waals surface area (Å²) in [6, 6.07) is -0.673. The molecule has 0 bridgehead atoms. The Balaban J connectivity index is 2.53. The molecular formula is C14H26N2O3. The van der Waals surface area contributed by atoms with Crippen LogP contribution in [0.1, 0.15) is 46.5 Å². The lowest BCUT2D eigenvalue weighted by Gasteiger charge is -2.38. The van der Waals surface area contributed by atoms with E-state index in [-0.39, 0.29) is 23.9 Å². The Hall–Kier alpha value is -1.10. The first-order valence-electron chi connectivity index (χ1n) is 7.34. The van der Waals surface area contributed by atoms with Gasteiger partial charge in [-0.1, -0.05) is 20.8 Å². The average Bonchev–Trinajstić information content (AvgIpc) is 2.41. The summed E-state index contributed by atoms with van der Waals surface area (Å²) in [7, 11) is 0. The first kappa shape index (κ1) is 16.0. The second-order valence-electron chi connectivity index (χ2n) is 4.89. The molecule has 0 aromatic heterocycles. The van der Waals surface area contributed by atoms with Crippen LogP contribution in [-0.2, 0) is 14.3 Å². The number of hydrogen-bond acceptors (Lipinski definition) is 3. The van der Waals surface area contributed by atoms with Gasteiger partial charge in [0.1, 0.15) is 12.1 Å². The van der Waals surface area contributed by atoms with E-state index in [4.69, 9.17) is 4.74 Å². The number of carbonyl (C=O) groups is 2. The fraction of sp³-hybridized carbons (Fsp3) is 0.857. The van der Waals surface area contributed by atoms with Crippen LogP contribution in [-0.4, -0.2) is 48.6 Å². The van der Waals surface area contributed by atoms with Gasteiger partial charge in [-0.05, 0) is 25.7 Å². The molecule has 1 aliphatic heterocycles. The Bertz CT molecular complexity index is 307. The molecule has 1 fully saturated rings. The van der Waals surface area contributed by atoms with Gasteiger partial charge in [0.25, 0.3) is 0 Å². The highest BCUT2D eigenvalue weighted by molar-refractivity contribution is 5.96. The first-order chi connectivity index (χ1) is 9.15. The SMILES string of the molecule is CCCOCCCN1C(=O)C(CC)NC(=O)C1CC. The van der Waals surface area contributed by atoms with Crippen LogP contribution in [0.2, 0.25) is 0 Å². The smallest absolute Gasteiger partial charge is 0.245 e. The van der Waals surface area contributed by atoms with Crippen LogP contribution in [0.25, 0.3) is 0 Å². The minimum atomic E-state index is -0.355. The van der Waals surface area contributed by atoms with E-state index in [1.54, 1.807) is 4.90 Å². The monoisotopic (exact) mass is 270 g/mol. The molecule has 5 nitrogen and oxygen atoms in total. The third-order valence-corrected chi connectivity index (χ3v) is 3.41. The number of ether oxygens (including phenoxy) is 1. The van der Waals surface area contributed by atoms with Crippen LogP contribution < -0.4 is 5.32 Å². The molecule has 2 unspecified atom stereocenters. The lowest BCUT2D eigenvalue weighted by atomic mass is 10.0. The van der Waals surface area contributed by atoms with Gasteiger partial charge < -0.3 is 15.0 Å². The van der Waals surface area contributed by atoms with Crippen molar-refractivity contribution in [3.05, 3.63) is 0 Å². The molecule has 0 aromatic rings. The molecule has 1 N–H and O–H groups in total. The minimum absolute atomic E-state index is 0.0246. The predicted molar refractivity (Wildman–Crippen MR) is 73.7 cm³/mol. The van der Waals surface area contributed by atoms with Gasteiger partial charge in [-0.15, -0.1) is 0 Å². The second kappa shape index (κ2) is 8.15. The van der Waals surface area contributed by atoms with Crippen LogP contribution in [0.5, 0.6) is 0 Å². The van der Waals surface area contributed by atoms with E-state index in [0.29, 0.717) is 26.0 Å². The molecule has 0 spiro atoms. The van der Waals surface area contributed by atoms with E-state index in [0.717, 1.165) is 19.4 Å². The van der Waals surface area contributed by atoms with E-state index in [2.05, 4.69) is 12.2 Å². The van der Waals surface area contributed by atoms with E-state index < -0.39 is 0 Å². The zero-order valence-corrected chi connectivity index (χ0v) is 12.3. The molecule has 19 heavy (non-hydrogen) atoms. The van der Waals surface area contributed by atoms with E-state index in [1.807, 2.05) is 13.8 Å². The van der Waals surface area contributed by atoms with Crippen molar-refractivity contribution in [1.82, 2.24) is 10.2 Å². The third kappa shape index (κ3) is 4.20. The normalized spacial score (nSPS) is 23.6. The standard InChI is InChI=1S/C14H26N2O3/c1-4-9-19-10-7-8-16-12(6-3)13(17)15-11(5-2)14(16)18/h11-12H,4-10H2,1-3H3,(H,15,17). The maximum absolute atomic E-state index is 12.3. The zero-order valence-electron chi connectivity index (χ0n) is 12.3. The highest BCUT2D eigenvalue weighted by atomic mass is 16.5. The summed E-state index contributed by atoms with van der Waals surface area (Å²) in [5, 5.41) is 2.80. The number of amides is 2. The highest BCUT2D eigenvalue weighted by Crippen LogP contribution is 2.15. The van der Waals surface area contributed by atoms with Crippen LogP contribution >= 0.6 is 0 Å². The first-order valence-corrected chi connectivity index (χ1v) is 7.34. The number of hydrogen-bond donors (Lipinski definition) is 1. The Morgan fingerprint density at radius 2 is 1.89 bits per heavy atom. The van der Waals surface area contributed by atoms with Crippen molar-refractivity contribution in [1.29, 1.82) is 0 Å². The summed E-state index contributed by atoms with van der Waals surface area (Å²) in [5.41, 5.74) is 0. The lowest BCUT2D eigenvalue weighted by molar-refractivity contribution is -0.149. The van der Waals surface area contributed by atoms with Gasteiger partial charge in [0.15, 0.2) is 0 Å². The molecule has 0 aromatic carbocycles. The predicted octanol–water partition coefficient (Wildman–Crippen LogP) is 1.32. The summed E-state index contributed by atoms with van der Waals surface area (Å²) >= 11 is 0. The molecule has 110 valence electrons. The Kier molecular flexibility index (Phi) is 6.84. The highest BCUT2D eigenvalue weighted by Gasteiger charge is 2.38. The number of piperazine rings is 1. The van der Waals surface area contributed by atoms with Gasteiger partial charge in [0, 0.05) is 19.8 Å². The van der Waals surface area contributed by atoms with Gasteiger partial charge in [-0.3, -0.25) is 9.59 Å². The van der Waals surface area contributed by atoms with Crippen molar-refractivity contribution in [2.24, 2.45) is 0 Å². The van der Waals surface area contributed by atoms with Gasteiger partial charge in [0.05, 0.1) is 0 Å². The zero-order chi connectivity index (χ0) is 14.3. The minimum Gasteiger partial charge on any atom is -0.381 e. The molecule has 0 saturated carbocycles. The molecular weight excluding hydrogens is 244 g/mol. The van der Waals surface area contributed by atoms with Gasteiger partial charge in [0.2, 0.25) is 11.8 Å². The van der Waals surface area contributed by atoms with Gasteiger partial charge in [-0.2, -0.15) is 0 Å². The lowest BCUT2D eigenvalue weighted by Crippen LogP contribution is -2.63. The summed E-state index contributed by atoms with van der Waals surface area (Å²) in [6.45, 7) is 7.92. The van der Waals surface area contributed by atoms with E-state index >= 15 is 0 Å². The van der Waals surface area contributed by atoms with Crippen molar-refractivity contribution in [2.75, 3.05) is 19.8 Å². The summed E-state index contributed by atoms with van der Waals surface area (Å²) in [4.78, 5) is 25.9. The number of nitrogens with one attached hydrogen (secondary N) is 1. The van der Waals surface area contributed by atoms with Crippen molar-refractivity contribution in [3.8, 4) is 0 Å². The largest absolute Gasteiger partial charge is 0.381 e. The summed E-state index contributed by atoms with van der Waals surface area (Å²) in [6.07, 6.45) is 3.08. The molecule has 0 radical (unpaired) electrons. The number of nitrogens with zero attached hydrogens (tertiary/aromatic N) is 1. The van der Waals surface area contributed by atoms with Crippen molar-refractivity contribution in [3.63, 3.8) is 0 Å². The fourth-order valence-corrected chi connectivity index (χ4v) is 2.36. The molecule has 2 atom stereocenters. The van der Waals surface area contributed by atoms with Gasteiger partial charge in [-0.25, -0.2) is 0 Å². The Morgan fingerprint density at radius 3 is 2.47 bits per heavy atom. The van der Waals surface area contributed by atoms with Crippen LogP contribution in [0, 0.1) is 0 Å². The molecule has 0 aliphatic carbocycles. The maximum Gasteiger partial charge on any atom is 0.245 e.